The van der Waals surface area contributed by atoms with Crippen molar-refractivity contribution in [2.45, 2.75) is 6.92 Å². The van der Waals surface area contributed by atoms with Crippen LogP contribution in [0.1, 0.15) is 16.1 Å². The second-order valence-corrected chi connectivity index (χ2v) is 7.82. The Bertz CT molecular complexity index is 1180. The molecule has 2 N–H and O–H groups in total. The van der Waals surface area contributed by atoms with Gasteiger partial charge in [0.25, 0.3) is 5.91 Å². The number of nitrogens with zero attached hydrogens (tertiary/aromatic N) is 2. The van der Waals surface area contributed by atoms with Gasteiger partial charge in [-0.05, 0) is 55.0 Å². The predicted molar refractivity (Wildman–Crippen MR) is 118 cm³/mol. The molecular weight excluding hydrogens is 460 g/mol. The van der Waals surface area contributed by atoms with Crippen LogP contribution in [0, 0.1) is 6.92 Å². The molecule has 28 heavy (non-hydrogen) atoms. The fourth-order valence-corrected chi connectivity index (χ4v) is 3.65. The summed E-state index contributed by atoms with van der Waals surface area (Å²) < 4.78 is 15.1. The number of amides is 1. The monoisotopic (exact) mass is 472 g/mol. The third-order valence-electron chi connectivity index (χ3n) is 4.06. The molecule has 0 radical (unpaired) electrons. The Morgan fingerprint density at radius 2 is 1.89 bits per heavy atom. The van der Waals surface area contributed by atoms with E-state index in [1.165, 1.54) is 0 Å². The third kappa shape index (κ3) is 3.82. The second kappa shape index (κ2) is 7.78. The minimum Gasteiger partial charge on any atom is -0.451 e. The minimum atomic E-state index is -0.429. The lowest BCUT2D eigenvalue weighted by Crippen LogP contribution is -2.34. The Labute approximate surface area is 178 Å². The first-order chi connectivity index (χ1) is 13.5. The zero-order valence-corrected chi connectivity index (χ0v) is 17.7. The maximum Gasteiger partial charge on any atom is 0.293 e. The number of thiocarbonyl (C=S) groups is 1. The van der Waals surface area contributed by atoms with Crippen LogP contribution < -0.4 is 10.6 Å². The number of hydrogen-bond donors (Lipinski definition) is 2. The van der Waals surface area contributed by atoms with E-state index in [2.05, 4.69) is 35.3 Å². The topological polar surface area (TPSA) is 80.0 Å². The van der Waals surface area contributed by atoms with Crippen molar-refractivity contribution in [3.05, 3.63) is 64.3 Å². The summed E-state index contributed by atoms with van der Waals surface area (Å²) in [5, 5.41) is 5.84. The van der Waals surface area contributed by atoms with Gasteiger partial charge in [-0.1, -0.05) is 34.1 Å². The molecule has 0 aliphatic carbocycles. The lowest BCUT2D eigenvalue weighted by molar-refractivity contribution is 0.0951. The van der Waals surface area contributed by atoms with Crippen molar-refractivity contribution >= 4 is 67.6 Å². The van der Waals surface area contributed by atoms with Crippen LogP contribution in [0.5, 0.6) is 0 Å². The average molecular weight is 473 g/mol. The van der Waals surface area contributed by atoms with Crippen molar-refractivity contribution in [1.82, 2.24) is 14.1 Å². The van der Waals surface area contributed by atoms with Crippen LogP contribution in [0.25, 0.3) is 22.4 Å². The second-order valence-electron chi connectivity index (χ2n) is 5.97. The Morgan fingerprint density at radius 3 is 2.68 bits per heavy atom. The largest absolute Gasteiger partial charge is 0.451 e. The molecule has 4 rings (SSSR count). The number of benzene rings is 2. The van der Waals surface area contributed by atoms with Gasteiger partial charge in [0.1, 0.15) is 16.8 Å². The Balaban J connectivity index is 1.48. The van der Waals surface area contributed by atoms with Gasteiger partial charge >= 0.3 is 0 Å². The van der Waals surface area contributed by atoms with E-state index >= 15 is 0 Å². The van der Waals surface area contributed by atoms with Crippen molar-refractivity contribution in [2.75, 3.05) is 5.32 Å². The molecule has 2 heterocycles. The van der Waals surface area contributed by atoms with Gasteiger partial charge < -0.3 is 9.73 Å². The van der Waals surface area contributed by atoms with Crippen molar-refractivity contribution in [3.63, 3.8) is 0 Å². The number of anilines is 1. The Kier molecular flexibility index (Phi) is 5.21. The molecule has 4 aromatic rings. The standard InChI is InChI=1S/C19H13BrN4O2S2/c1-10-2-7-13-17(24-28-23-13)16(10)21-19(27)22-18(25)15-9-8-14(26-15)11-3-5-12(20)6-4-11/h2-9H,1H3,(H2,21,22,25,27). The summed E-state index contributed by atoms with van der Waals surface area (Å²) in [4.78, 5) is 12.5. The summed E-state index contributed by atoms with van der Waals surface area (Å²) in [7, 11) is 0. The van der Waals surface area contributed by atoms with Gasteiger partial charge in [-0.2, -0.15) is 8.75 Å². The van der Waals surface area contributed by atoms with Crippen LogP contribution in [-0.4, -0.2) is 19.8 Å². The van der Waals surface area contributed by atoms with E-state index in [9.17, 15) is 4.79 Å². The summed E-state index contributed by atoms with van der Waals surface area (Å²) in [6.07, 6.45) is 0. The van der Waals surface area contributed by atoms with Gasteiger partial charge in [0, 0.05) is 10.0 Å². The quantitative estimate of drug-likeness (QED) is 0.401. The molecule has 6 nitrogen and oxygen atoms in total. The van der Waals surface area contributed by atoms with Gasteiger partial charge in [-0.25, -0.2) is 0 Å². The average Bonchev–Trinajstić information content (AvgIpc) is 3.34. The van der Waals surface area contributed by atoms with E-state index in [1.54, 1.807) is 12.1 Å². The molecule has 1 amide bonds. The molecule has 0 saturated carbocycles. The van der Waals surface area contributed by atoms with Crippen LogP contribution in [0.15, 0.2) is 57.4 Å². The molecule has 0 fully saturated rings. The van der Waals surface area contributed by atoms with Crippen molar-refractivity contribution in [3.8, 4) is 11.3 Å². The van der Waals surface area contributed by atoms with Gasteiger partial charge in [0.05, 0.1) is 17.4 Å². The van der Waals surface area contributed by atoms with Crippen molar-refractivity contribution in [2.24, 2.45) is 0 Å². The van der Waals surface area contributed by atoms with Crippen LogP contribution >= 0.6 is 39.9 Å². The van der Waals surface area contributed by atoms with E-state index in [0.29, 0.717) is 5.76 Å². The number of fused-ring (bicyclic) bond motifs is 1. The maximum absolute atomic E-state index is 12.5. The van der Waals surface area contributed by atoms with Gasteiger partial charge in [-0.3, -0.25) is 10.1 Å². The molecule has 0 aliphatic heterocycles. The summed E-state index contributed by atoms with van der Waals surface area (Å²) in [6.45, 7) is 1.93. The smallest absolute Gasteiger partial charge is 0.293 e. The van der Waals surface area contributed by atoms with Crippen LogP contribution in [0.2, 0.25) is 0 Å². The summed E-state index contributed by atoms with van der Waals surface area (Å²) in [6, 6.07) is 14.8. The number of carbonyl (C=O) groups excluding carboxylic acids is 1. The molecule has 0 spiro atoms. The third-order valence-corrected chi connectivity index (χ3v) is 5.34. The number of furan rings is 1. The number of halogens is 1. The van der Waals surface area contributed by atoms with Crippen LogP contribution in [0.3, 0.4) is 0 Å². The van der Waals surface area contributed by atoms with Crippen LogP contribution in [-0.2, 0) is 0 Å². The molecule has 9 heteroatoms. The number of nitrogens with one attached hydrogen (secondary N) is 2. The van der Waals surface area contributed by atoms with Gasteiger partial charge in [-0.15, -0.1) is 0 Å². The number of aryl methyl sites for hydroxylation is 1. The van der Waals surface area contributed by atoms with Crippen LogP contribution in [0.4, 0.5) is 5.69 Å². The Morgan fingerprint density at radius 1 is 1.11 bits per heavy atom. The zero-order chi connectivity index (χ0) is 19.7. The molecule has 0 atom stereocenters. The number of rotatable bonds is 3. The van der Waals surface area contributed by atoms with Crippen molar-refractivity contribution in [1.29, 1.82) is 0 Å². The summed E-state index contributed by atoms with van der Waals surface area (Å²) in [5.74, 6) is 0.347. The molecule has 0 aliphatic rings. The fraction of sp³-hybridized carbons (Fsp3) is 0.0526. The molecule has 2 aromatic heterocycles. The lowest BCUT2D eigenvalue weighted by atomic mass is 10.1. The molecule has 140 valence electrons. The molecule has 0 unspecified atom stereocenters. The SMILES string of the molecule is Cc1ccc2nsnc2c1NC(=S)NC(=O)c1ccc(-c2ccc(Br)cc2)o1. The zero-order valence-electron chi connectivity index (χ0n) is 14.5. The molecule has 0 saturated heterocycles. The normalized spacial score (nSPS) is 10.8. The van der Waals surface area contributed by atoms with Crippen molar-refractivity contribution < 1.29 is 9.21 Å². The Hall–Kier alpha value is -2.62. The van der Waals surface area contributed by atoms with Gasteiger partial charge in [0.2, 0.25) is 0 Å². The first kappa shape index (κ1) is 18.7. The summed E-state index contributed by atoms with van der Waals surface area (Å²) in [5.41, 5.74) is 4.05. The maximum atomic E-state index is 12.5. The molecule has 2 aromatic carbocycles. The van der Waals surface area contributed by atoms with E-state index in [4.69, 9.17) is 16.6 Å². The summed E-state index contributed by atoms with van der Waals surface area (Å²) >= 11 is 9.81. The highest BCUT2D eigenvalue weighted by Gasteiger charge is 2.15. The predicted octanol–water partition coefficient (Wildman–Crippen LogP) is 5.15. The highest BCUT2D eigenvalue weighted by atomic mass is 79.9. The molecular formula is C19H13BrN4O2S2. The van der Waals surface area contributed by atoms with E-state index < -0.39 is 5.91 Å². The highest BCUT2D eigenvalue weighted by molar-refractivity contribution is 9.10. The van der Waals surface area contributed by atoms with E-state index in [1.807, 2.05) is 43.3 Å². The first-order valence-corrected chi connectivity index (χ1v) is 10.1. The number of carbonyl (C=O) groups is 1. The number of hydrogen-bond acceptors (Lipinski definition) is 6. The van der Waals surface area contributed by atoms with E-state index in [-0.39, 0.29) is 10.9 Å². The van der Waals surface area contributed by atoms with Gasteiger partial charge in [0.15, 0.2) is 10.9 Å². The number of aromatic nitrogens is 2. The highest BCUT2D eigenvalue weighted by Crippen LogP contribution is 2.26. The molecule has 0 bridgehead atoms. The van der Waals surface area contributed by atoms with E-state index in [0.717, 1.165) is 44.0 Å². The fourth-order valence-electron chi connectivity index (χ4n) is 2.65. The lowest BCUT2D eigenvalue weighted by Gasteiger charge is -2.11. The minimum absolute atomic E-state index is 0.162. The first-order valence-electron chi connectivity index (χ1n) is 8.21.